The lowest BCUT2D eigenvalue weighted by Crippen LogP contribution is -2.41. The van der Waals surface area contributed by atoms with Crippen LogP contribution in [0.5, 0.6) is 11.5 Å². The molecule has 2 N–H and O–H groups in total. The zero-order valence-corrected chi connectivity index (χ0v) is 14.3. The van der Waals surface area contributed by atoms with Gasteiger partial charge in [0, 0.05) is 6.54 Å². The van der Waals surface area contributed by atoms with E-state index in [1.54, 1.807) is 34.1 Å². The summed E-state index contributed by atoms with van der Waals surface area (Å²) < 4.78 is 10.5. The maximum absolute atomic E-state index is 12.5. The van der Waals surface area contributed by atoms with E-state index in [4.69, 9.17) is 9.47 Å². The van der Waals surface area contributed by atoms with Gasteiger partial charge < -0.3 is 19.9 Å². The number of carbonyl (C=O) groups is 1. The summed E-state index contributed by atoms with van der Waals surface area (Å²) in [6.45, 7) is 7.51. The zero-order valence-electron chi connectivity index (χ0n) is 14.3. The standard InChI is InChI=1S/C17H27NO4/c1-11(2)15(16(19)18-10-17(3,4)20)12-7-8-13(21-5)14(9-12)22-6/h7-9,11,15,20H,10H2,1-6H3,(H,18,19). The Labute approximate surface area is 132 Å². The van der Waals surface area contributed by atoms with Crippen molar-refractivity contribution in [1.82, 2.24) is 5.32 Å². The third-order valence-electron chi connectivity index (χ3n) is 3.41. The van der Waals surface area contributed by atoms with Gasteiger partial charge in [0.25, 0.3) is 0 Å². The number of hydrogen-bond acceptors (Lipinski definition) is 4. The Kier molecular flexibility index (Phi) is 6.23. The number of carbonyl (C=O) groups excluding carboxylic acids is 1. The summed E-state index contributed by atoms with van der Waals surface area (Å²) in [4.78, 5) is 12.5. The molecule has 5 nitrogen and oxygen atoms in total. The van der Waals surface area contributed by atoms with Crippen molar-refractivity contribution < 1.29 is 19.4 Å². The Hall–Kier alpha value is -1.75. The lowest BCUT2D eigenvalue weighted by molar-refractivity contribution is -0.124. The second kappa shape index (κ2) is 7.49. The van der Waals surface area contributed by atoms with E-state index >= 15 is 0 Å². The van der Waals surface area contributed by atoms with Crippen molar-refractivity contribution in [3.63, 3.8) is 0 Å². The van der Waals surface area contributed by atoms with Crippen LogP contribution < -0.4 is 14.8 Å². The minimum Gasteiger partial charge on any atom is -0.493 e. The molecule has 0 fully saturated rings. The summed E-state index contributed by atoms with van der Waals surface area (Å²) >= 11 is 0. The highest BCUT2D eigenvalue weighted by molar-refractivity contribution is 5.84. The summed E-state index contributed by atoms with van der Waals surface area (Å²) in [5.41, 5.74) is -0.0738. The molecule has 0 heterocycles. The second-order valence-corrected chi connectivity index (χ2v) is 6.37. The monoisotopic (exact) mass is 309 g/mol. The van der Waals surface area contributed by atoms with E-state index in [-0.39, 0.29) is 24.3 Å². The SMILES string of the molecule is COc1ccc(C(C(=O)NCC(C)(C)O)C(C)C)cc1OC. The van der Waals surface area contributed by atoms with Crippen LogP contribution in [-0.2, 0) is 4.79 Å². The van der Waals surface area contributed by atoms with Crippen molar-refractivity contribution in [2.45, 2.75) is 39.2 Å². The molecular formula is C17H27NO4. The van der Waals surface area contributed by atoms with Gasteiger partial charge in [-0.1, -0.05) is 19.9 Å². The van der Waals surface area contributed by atoms with E-state index in [1.165, 1.54) is 0 Å². The third-order valence-corrected chi connectivity index (χ3v) is 3.41. The summed E-state index contributed by atoms with van der Waals surface area (Å²) in [5, 5.41) is 12.6. The van der Waals surface area contributed by atoms with Gasteiger partial charge in [0.2, 0.25) is 5.91 Å². The van der Waals surface area contributed by atoms with Gasteiger partial charge >= 0.3 is 0 Å². The van der Waals surface area contributed by atoms with Crippen molar-refractivity contribution in [2.75, 3.05) is 20.8 Å². The van der Waals surface area contributed by atoms with E-state index in [1.807, 2.05) is 26.0 Å². The molecule has 0 radical (unpaired) electrons. The fourth-order valence-electron chi connectivity index (χ4n) is 2.30. The highest BCUT2D eigenvalue weighted by atomic mass is 16.5. The zero-order chi connectivity index (χ0) is 16.9. The van der Waals surface area contributed by atoms with Crippen molar-refractivity contribution in [1.29, 1.82) is 0 Å². The number of aliphatic hydroxyl groups is 1. The molecule has 0 spiro atoms. The lowest BCUT2D eigenvalue weighted by Gasteiger charge is -2.24. The Balaban J connectivity index is 3.03. The third kappa shape index (κ3) is 4.91. The molecule has 0 aliphatic carbocycles. The molecule has 0 saturated carbocycles. The normalized spacial score (nSPS) is 12.9. The predicted molar refractivity (Wildman–Crippen MR) is 86.4 cm³/mol. The van der Waals surface area contributed by atoms with Crippen molar-refractivity contribution in [3.8, 4) is 11.5 Å². The molecule has 124 valence electrons. The summed E-state index contributed by atoms with van der Waals surface area (Å²) in [6, 6.07) is 5.50. The van der Waals surface area contributed by atoms with Gasteiger partial charge in [-0.2, -0.15) is 0 Å². The number of methoxy groups -OCH3 is 2. The molecule has 5 heteroatoms. The fraction of sp³-hybridized carbons (Fsp3) is 0.588. The smallest absolute Gasteiger partial charge is 0.227 e. The van der Waals surface area contributed by atoms with Crippen LogP contribution in [0.4, 0.5) is 0 Å². The van der Waals surface area contributed by atoms with E-state index in [2.05, 4.69) is 5.32 Å². The van der Waals surface area contributed by atoms with E-state index in [0.29, 0.717) is 11.5 Å². The van der Waals surface area contributed by atoms with Gasteiger partial charge in [-0.15, -0.1) is 0 Å². The van der Waals surface area contributed by atoms with E-state index in [0.717, 1.165) is 5.56 Å². The summed E-state index contributed by atoms with van der Waals surface area (Å²) in [5.74, 6) is 0.915. The van der Waals surface area contributed by atoms with Crippen LogP contribution in [0.15, 0.2) is 18.2 Å². The van der Waals surface area contributed by atoms with E-state index < -0.39 is 5.60 Å². The van der Waals surface area contributed by atoms with Gasteiger partial charge in [-0.05, 0) is 37.5 Å². The second-order valence-electron chi connectivity index (χ2n) is 6.37. The first-order valence-corrected chi connectivity index (χ1v) is 7.41. The van der Waals surface area contributed by atoms with Crippen molar-refractivity contribution in [3.05, 3.63) is 23.8 Å². The number of rotatable bonds is 7. The Morgan fingerprint density at radius 1 is 1.23 bits per heavy atom. The van der Waals surface area contributed by atoms with Gasteiger partial charge in [-0.25, -0.2) is 0 Å². The number of benzene rings is 1. The minimum absolute atomic E-state index is 0.107. The van der Waals surface area contributed by atoms with Gasteiger partial charge in [-0.3, -0.25) is 4.79 Å². The van der Waals surface area contributed by atoms with Crippen LogP contribution in [0.1, 0.15) is 39.2 Å². The molecule has 1 aromatic carbocycles. The number of nitrogens with one attached hydrogen (secondary N) is 1. The summed E-state index contributed by atoms with van der Waals surface area (Å²) in [6.07, 6.45) is 0. The molecule has 0 aliphatic heterocycles. The van der Waals surface area contributed by atoms with E-state index in [9.17, 15) is 9.90 Å². The van der Waals surface area contributed by atoms with Crippen LogP contribution in [0, 0.1) is 5.92 Å². The number of amides is 1. The molecule has 1 aromatic rings. The molecule has 1 unspecified atom stereocenters. The average molecular weight is 309 g/mol. The lowest BCUT2D eigenvalue weighted by atomic mass is 9.87. The molecule has 0 aromatic heterocycles. The quantitative estimate of drug-likeness (QED) is 0.811. The van der Waals surface area contributed by atoms with Gasteiger partial charge in [0.1, 0.15) is 0 Å². The van der Waals surface area contributed by atoms with Crippen LogP contribution in [-0.4, -0.2) is 37.4 Å². The Morgan fingerprint density at radius 2 is 1.82 bits per heavy atom. The first kappa shape index (κ1) is 18.3. The highest BCUT2D eigenvalue weighted by Crippen LogP contribution is 2.33. The fourth-order valence-corrected chi connectivity index (χ4v) is 2.30. The Bertz CT molecular complexity index is 506. The molecule has 22 heavy (non-hydrogen) atoms. The average Bonchev–Trinajstić information content (AvgIpc) is 2.44. The number of hydrogen-bond donors (Lipinski definition) is 2. The predicted octanol–water partition coefficient (Wildman–Crippen LogP) is 2.33. The largest absolute Gasteiger partial charge is 0.493 e. The molecule has 1 amide bonds. The maximum atomic E-state index is 12.5. The van der Waals surface area contributed by atoms with Crippen molar-refractivity contribution in [2.24, 2.45) is 5.92 Å². The van der Waals surface area contributed by atoms with Gasteiger partial charge in [0.05, 0.1) is 25.7 Å². The van der Waals surface area contributed by atoms with Gasteiger partial charge in [0.15, 0.2) is 11.5 Å². The molecule has 0 bridgehead atoms. The first-order chi connectivity index (χ1) is 10.2. The van der Waals surface area contributed by atoms with Crippen molar-refractivity contribution >= 4 is 5.91 Å². The molecular weight excluding hydrogens is 282 g/mol. The van der Waals surface area contributed by atoms with Crippen LogP contribution >= 0.6 is 0 Å². The van der Waals surface area contributed by atoms with Crippen LogP contribution in [0.25, 0.3) is 0 Å². The highest BCUT2D eigenvalue weighted by Gasteiger charge is 2.26. The first-order valence-electron chi connectivity index (χ1n) is 7.41. The molecule has 0 aliphatic rings. The topological polar surface area (TPSA) is 67.8 Å². The molecule has 1 atom stereocenters. The van der Waals surface area contributed by atoms with Crippen LogP contribution in [0.2, 0.25) is 0 Å². The molecule has 1 rings (SSSR count). The molecule has 0 saturated heterocycles. The Morgan fingerprint density at radius 3 is 2.27 bits per heavy atom. The van der Waals surface area contributed by atoms with Crippen LogP contribution in [0.3, 0.4) is 0 Å². The maximum Gasteiger partial charge on any atom is 0.227 e. The minimum atomic E-state index is -0.936. The summed E-state index contributed by atoms with van der Waals surface area (Å²) in [7, 11) is 3.15. The number of ether oxygens (including phenoxy) is 2.